The molecule has 6 heteroatoms. The molecule has 2 aliphatic rings. The molecule has 2 amide bonds. The molecule has 0 aromatic rings. The minimum Gasteiger partial charge on any atom is -0.445 e. The van der Waals surface area contributed by atoms with E-state index in [-0.39, 0.29) is 29.9 Å². The zero-order valence-electron chi connectivity index (χ0n) is 10.7. The topological polar surface area (TPSA) is 58.6 Å². The molecule has 2 heterocycles. The van der Waals surface area contributed by atoms with Crippen molar-refractivity contribution in [2.45, 2.75) is 24.1 Å². The van der Waals surface area contributed by atoms with Crippen LogP contribution in [-0.2, 0) is 9.53 Å². The lowest BCUT2D eigenvalue weighted by molar-refractivity contribution is -0.116. The van der Waals surface area contributed by atoms with Gasteiger partial charge in [-0.3, -0.25) is 4.79 Å². The predicted molar refractivity (Wildman–Crippen MR) is 75.1 cm³/mol. The van der Waals surface area contributed by atoms with Gasteiger partial charge in [-0.15, -0.1) is 0 Å². The van der Waals surface area contributed by atoms with Gasteiger partial charge in [0.05, 0.1) is 6.04 Å². The number of ether oxygens (including phenoxy) is 1. The summed E-state index contributed by atoms with van der Waals surface area (Å²) in [6, 6.07) is -0.112. The van der Waals surface area contributed by atoms with Crippen LogP contribution in [0.4, 0.5) is 4.79 Å². The lowest BCUT2D eigenvalue weighted by atomic mass is 10.1. The maximum Gasteiger partial charge on any atom is 0.410 e. The van der Waals surface area contributed by atoms with Crippen molar-refractivity contribution < 1.29 is 14.3 Å². The van der Waals surface area contributed by atoms with E-state index in [1.807, 2.05) is 6.08 Å². The fraction of sp³-hybridized carbons (Fsp3) is 0.538. The van der Waals surface area contributed by atoms with Gasteiger partial charge in [0.1, 0.15) is 6.61 Å². The highest BCUT2D eigenvalue weighted by Crippen LogP contribution is 2.25. The van der Waals surface area contributed by atoms with Gasteiger partial charge >= 0.3 is 6.09 Å². The van der Waals surface area contributed by atoms with Crippen LogP contribution in [-0.4, -0.2) is 47.9 Å². The Morgan fingerprint density at radius 1 is 1.63 bits per heavy atom. The van der Waals surface area contributed by atoms with Crippen LogP contribution < -0.4 is 5.32 Å². The summed E-state index contributed by atoms with van der Waals surface area (Å²) in [5.41, 5.74) is 0.744. The van der Waals surface area contributed by atoms with Gasteiger partial charge in [0, 0.05) is 23.9 Å². The molecule has 0 saturated carbocycles. The van der Waals surface area contributed by atoms with E-state index in [0.29, 0.717) is 19.5 Å². The third-order valence-corrected chi connectivity index (χ3v) is 3.62. The summed E-state index contributed by atoms with van der Waals surface area (Å²) >= 11 is 4.42. The molecule has 2 saturated heterocycles. The van der Waals surface area contributed by atoms with Crippen LogP contribution in [0.15, 0.2) is 24.3 Å². The van der Waals surface area contributed by atoms with Gasteiger partial charge in [0.25, 0.3) is 0 Å². The van der Waals surface area contributed by atoms with Crippen LogP contribution in [0, 0.1) is 0 Å². The fourth-order valence-electron chi connectivity index (χ4n) is 2.35. The highest BCUT2D eigenvalue weighted by Gasteiger charge is 2.34. The molecule has 2 rings (SSSR count). The van der Waals surface area contributed by atoms with Crippen molar-refractivity contribution in [1.82, 2.24) is 10.2 Å². The molecule has 0 radical (unpaired) electrons. The van der Waals surface area contributed by atoms with E-state index in [2.05, 4.69) is 24.5 Å². The van der Waals surface area contributed by atoms with Crippen molar-refractivity contribution in [2.24, 2.45) is 0 Å². The van der Waals surface area contributed by atoms with Gasteiger partial charge in [-0.2, -0.15) is 12.6 Å². The van der Waals surface area contributed by atoms with E-state index in [1.54, 1.807) is 4.90 Å². The minimum atomic E-state index is -0.378. The molecule has 5 nitrogen and oxygen atoms in total. The van der Waals surface area contributed by atoms with Gasteiger partial charge in [-0.05, 0) is 12.8 Å². The van der Waals surface area contributed by atoms with Crippen molar-refractivity contribution in [2.75, 3.05) is 19.7 Å². The predicted octanol–water partition coefficient (Wildman–Crippen LogP) is 1.13. The Morgan fingerprint density at radius 3 is 3.05 bits per heavy atom. The molecular weight excluding hydrogens is 264 g/mol. The number of carbonyl (C=O) groups is 2. The molecule has 0 bridgehead atoms. The molecular formula is C13H18N2O3S. The Morgan fingerprint density at radius 2 is 2.42 bits per heavy atom. The van der Waals surface area contributed by atoms with Gasteiger partial charge in [-0.1, -0.05) is 18.7 Å². The van der Waals surface area contributed by atoms with Gasteiger partial charge < -0.3 is 15.0 Å². The van der Waals surface area contributed by atoms with Crippen LogP contribution in [0.25, 0.3) is 0 Å². The average molecular weight is 282 g/mol. The van der Waals surface area contributed by atoms with E-state index in [9.17, 15) is 9.59 Å². The monoisotopic (exact) mass is 282 g/mol. The molecule has 19 heavy (non-hydrogen) atoms. The Kier molecular flexibility index (Phi) is 4.52. The number of carbonyl (C=O) groups excluding carboxylic acids is 2. The summed E-state index contributed by atoms with van der Waals surface area (Å²) in [5, 5.41) is 2.87. The second-order valence-electron chi connectivity index (χ2n) is 4.67. The maximum atomic E-state index is 11.9. The van der Waals surface area contributed by atoms with Crippen molar-refractivity contribution >= 4 is 24.6 Å². The van der Waals surface area contributed by atoms with Crippen LogP contribution in [0.2, 0.25) is 0 Å². The number of rotatable bonds is 3. The van der Waals surface area contributed by atoms with Gasteiger partial charge in [-0.25, -0.2) is 4.79 Å². The normalized spacial score (nSPS) is 28.6. The highest BCUT2D eigenvalue weighted by atomic mass is 32.1. The van der Waals surface area contributed by atoms with E-state index in [0.717, 1.165) is 12.0 Å². The molecule has 0 spiro atoms. The van der Waals surface area contributed by atoms with E-state index in [1.165, 1.54) is 6.08 Å². The molecule has 104 valence electrons. The van der Waals surface area contributed by atoms with E-state index < -0.39 is 0 Å². The average Bonchev–Trinajstić information content (AvgIpc) is 2.94. The summed E-state index contributed by atoms with van der Waals surface area (Å²) in [7, 11) is 0. The molecule has 0 aromatic heterocycles. The largest absolute Gasteiger partial charge is 0.445 e. The summed E-state index contributed by atoms with van der Waals surface area (Å²) in [5.74, 6) is -0.0398. The molecule has 0 unspecified atom stereocenters. The first-order valence-corrected chi connectivity index (χ1v) is 6.84. The quantitative estimate of drug-likeness (QED) is 0.463. The van der Waals surface area contributed by atoms with Crippen LogP contribution in [0.5, 0.6) is 0 Å². The van der Waals surface area contributed by atoms with Crippen LogP contribution in [0.3, 0.4) is 0 Å². The summed E-state index contributed by atoms with van der Waals surface area (Å²) < 4.78 is 5.05. The summed E-state index contributed by atoms with van der Waals surface area (Å²) in [6.45, 7) is 4.91. The molecule has 0 aliphatic carbocycles. The van der Waals surface area contributed by atoms with Crippen molar-refractivity contribution in [3.8, 4) is 0 Å². The minimum absolute atomic E-state index is 0.0398. The van der Waals surface area contributed by atoms with Crippen molar-refractivity contribution in [1.29, 1.82) is 0 Å². The third-order valence-electron chi connectivity index (χ3n) is 3.25. The Hall–Kier alpha value is -1.43. The first-order chi connectivity index (χ1) is 9.11. The Bertz CT molecular complexity index is 422. The number of nitrogens with one attached hydrogen (secondary N) is 1. The fourth-order valence-corrected chi connectivity index (χ4v) is 2.74. The SMILES string of the molecule is C=CCOC(=O)N1C[C@@H](S)C[C@H]1C=C1CCNC1=O. The molecule has 1 N–H and O–H groups in total. The summed E-state index contributed by atoms with van der Waals surface area (Å²) in [4.78, 5) is 25.1. The third kappa shape index (κ3) is 3.32. The number of likely N-dealkylation sites (tertiary alicyclic amines) is 1. The number of amides is 2. The first kappa shape index (κ1) is 14.0. The molecule has 2 atom stereocenters. The van der Waals surface area contributed by atoms with Crippen molar-refractivity contribution in [3.63, 3.8) is 0 Å². The van der Waals surface area contributed by atoms with Crippen molar-refractivity contribution in [3.05, 3.63) is 24.3 Å². The standard InChI is InChI=1S/C13H18N2O3S/c1-2-5-18-13(17)15-8-11(19)7-10(15)6-9-3-4-14-12(9)16/h2,6,10-11,19H,1,3-5,7-8H2,(H,14,16)/t10-,11+/m1/s1. The number of hydrogen-bond acceptors (Lipinski definition) is 4. The lowest BCUT2D eigenvalue weighted by Crippen LogP contribution is -2.35. The van der Waals surface area contributed by atoms with Crippen LogP contribution in [0.1, 0.15) is 12.8 Å². The number of hydrogen-bond donors (Lipinski definition) is 2. The maximum absolute atomic E-state index is 11.9. The molecule has 2 aliphatic heterocycles. The smallest absolute Gasteiger partial charge is 0.410 e. The van der Waals surface area contributed by atoms with Gasteiger partial charge in [0.15, 0.2) is 0 Å². The Balaban J connectivity index is 2.06. The lowest BCUT2D eigenvalue weighted by Gasteiger charge is -2.21. The first-order valence-electron chi connectivity index (χ1n) is 6.33. The van der Waals surface area contributed by atoms with E-state index >= 15 is 0 Å². The van der Waals surface area contributed by atoms with E-state index in [4.69, 9.17) is 4.74 Å². The number of nitrogens with zero attached hydrogens (tertiary/aromatic N) is 1. The Labute approximate surface area is 118 Å². The summed E-state index contributed by atoms with van der Waals surface area (Å²) in [6.07, 6.45) is 4.47. The van der Waals surface area contributed by atoms with Gasteiger partial charge in [0.2, 0.25) is 5.91 Å². The second kappa shape index (κ2) is 6.14. The number of thiol groups is 1. The zero-order chi connectivity index (χ0) is 13.8. The molecule has 0 aromatic carbocycles. The zero-order valence-corrected chi connectivity index (χ0v) is 11.6. The highest BCUT2D eigenvalue weighted by molar-refractivity contribution is 7.81. The molecule has 2 fully saturated rings. The van der Waals surface area contributed by atoms with Crippen LogP contribution >= 0.6 is 12.6 Å². The second-order valence-corrected chi connectivity index (χ2v) is 5.40.